The van der Waals surface area contributed by atoms with Crippen LogP contribution >= 0.6 is 0 Å². The van der Waals surface area contributed by atoms with Gasteiger partial charge >= 0.3 is 0 Å². The molecule has 1 aromatic heterocycles. The van der Waals surface area contributed by atoms with E-state index < -0.39 is 6.10 Å². The third-order valence-corrected chi connectivity index (χ3v) is 2.98. The zero-order valence-electron chi connectivity index (χ0n) is 11.7. The lowest BCUT2D eigenvalue weighted by Crippen LogP contribution is -2.36. The second-order valence-electron chi connectivity index (χ2n) is 4.60. The Hall–Kier alpha value is -2.36. The Morgan fingerprint density at radius 1 is 1.25 bits per heavy atom. The van der Waals surface area contributed by atoms with E-state index in [1.165, 1.54) is 0 Å². The monoisotopic (exact) mass is 270 g/mol. The van der Waals surface area contributed by atoms with Crippen molar-refractivity contribution in [2.24, 2.45) is 0 Å². The predicted octanol–water partition coefficient (Wildman–Crippen LogP) is 2.47. The average Bonchev–Trinajstić information content (AvgIpc) is 2.48. The van der Waals surface area contributed by atoms with Gasteiger partial charge in [0.15, 0.2) is 6.10 Å². The fourth-order valence-corrected chi connectivity index (χ4v) is 1.77. The summed E-state index contributed by atoms with van der Waals surface area (Å²) in [5.41, 5.74) is 2.03. The number of pyridine rings is 1. The number of aryl methyl sites for hydroxylation is 1. The number of carbonyl (C=O) groups excluding carboxylic acids is 1. The number of aromatic nitrogens is 1. The second kappa shape index (κ2) is 6.70. The van der Waals surface area contributed by atoms with Gasteiger partial charge in [-0.3, -0.25) is 9.78 Å². The van der Waals surface area contributed by atoms with Crippen LogP contribution in [-0.2, 0) is 11.3 Å². The minimum Gasteiger partial charge on any atom is -0.481 e. The first-order valence-electron chi connectivity index (χ1n) is 6.55. The number of ether oxygens (including phenoxy) is 1. The van der Waals surface area contributed by atoms with Gasteiger partial charge in [0.2, 0.25) is 0 Å². The molecule has 0 saturated heterocycles. The maximum absolute atomic E-state index is 12.0. The van der Waals surface area contributed by atoms with Gasteiger partial charge in [-0.15, -0.1) is 0 Å². The molecule has 0 aliphatic carbocycles. The lowest BCUT2D eigenvalue weighted by Gasteiger charge is -2.16. The van der Waals surface area contributed by atoms with Crippen LogP contribution in [0.1, 0.15) is 18.1 Å². The summed E-state index contributed by atoms with van der Waals surface area (Å²) in [7, 11) is 0. The molecule has 0 radical (unpaired) electrons. The zero-order chi connectivity index (χ0) is 14.4. The van der Waals surface area contributed by atoms with Gasteiger partial charge in [-0.05, 0) is 43.2 Å². The van der Waals surface area contributed by atoms with E-state index in [1.807, 2.05) is 43.3 Å². The number of carbonyl (C=O) groups is 1. The molecule has 0 bridgehead atoms. The van der Waals surface area contributed by atoms with Gasteiger partial charge in [0.25, 0.3) is 5.91 Å². The summed E-state index contributed by atoms with van der Waals surface area (Å²) in [6.07, 6.45) is 2.88. The maximum atomic E-state index is 12.0. The van der Waals surface area contributed by atoms with Crippen LogP contribution < -0.4 is 10.1 Å². The summed E-state index contributed by atoms with van der Waals surface area (Å²) >= 11 is 0. The zero-order valence-corrected chi connectivity index (χ0v) is 11.7. The molecule has 4 heteroatoms. The SMILES string of the molecule is Cc1ccccc1O[C@@H](C)C(=O)NCc1ccncc1. The summed E-state index contributed by atoms with van der Waals surface area (Å²) in [5, 5.41) is 2.85. The molecule has 1 aromatic carbocycles. The van der Waals surface area contributed by atoms with Gasteiger partial charge in [-0.2, -0.15) is 0 Å². The van der Waals surface area contributed by atoms with Crippen LogP contribution in [0.4, 0.5) is 0 Å². The Morgan fingerprint density at radius 2 is 1.95 bits per heavy atom. The largest absolute Gasteiger partial charge is 0.481 e. The van der Waals surface area contributed by atoms with Gasteiger partial charge in [0.1, 0.15) is 5.75 Å². The summed E-state index contributed by atoms with van der Waals surface area (Å²) in [5.74, 6) is 0.601. The van der Waals surface area contributed by atoms with E-state index in [9.17, 15) is 4.79 Å². The van der Waals surface area contributed by atoms with E-state index in [4.69, 9.17) is 4.74 Å². The van der Waals surface area contributed by atoms with Crippen LogP contribution in [-0.4, -0.2) is 17.0 Å². The number of benzene rings is 1. The predicted molar refractivity (Wildman–Crippen MR) is 77.4 cm³/mol. The Kier molecular flexibility index (Phi) is 4.71. The van der Waals surface area contributed by atoms with Crippen LogP contribution in [0.25, 0.3) is 0 Å². The van der Waals surface area contributed by atoms with Crippen molar-refractivity contribution in [2.75, 3.05) is 0 Å². The van der Waals surface area contributed by atoms with Crippen molar-refractivity contribution in [3.8, 4) is 5.75 Å². The highest BCUT2D eigenvalue weighted by molar-refractivity contribution is 5.80. The lowest BCUT2D eigenvalue weighted by atomic mass is 10.2. The number of nitrogens with one attached hydrogen (secondary N) is 1. The molecular weight excluding hydrogens is 252 g/mol. The summed E-state index contributed by atoms with van der Waals surface area (Å²) in [4.78, 5) is 15.9. The van der Waals surface area contributed by atoms with E-state index in [1.54, 1.807) is 19.3 Å². The Bertz CT molecular complexity index is 570. The Labute approximate surface area is 118 Å². The number of para-hydroxylation sites is 1. The van der Waals surface area contributed by atoms with Gasteiger partial charge in [-0.1, -0.05) is 18.2 Å². The number of hydrogen-bond donors (Lipinski definition) is 1. The van der Waals surface area contributed by atoms with Crippen molar-refractivity contribution in [3.05, 3.63) is 59.9 Å². The molecule has 0 fully saturated rings. The second-order valence-corrected chi connectivity index (χ2v) is 4.60. The number of rotatable bonds is 5. The molecule has 104 valence electrons. The molecule has 0 spiro atoms. The number of hydrogen-bond acceptors (Lipinski definition) is 3. The van der Waals surface area contributed by atoms with E-state index in [2.05, 4.69) is 10.3 Å². The average molecular weight is 270 g/mol. The molecule has 0 unspecified atom stereocenters. The molecule has 1 N–H and O–H groups in total. The van der Waals surface area contributed by atoms with Crippen LogP contribution in [0, 0.1) is 6.92 Å². The normalized spacial score (nSPS) is 11.7. The number of amides is 1. The van der Waals surface area contributed by atoms with Crippen molar-refractivity contribution in [2.45, 2.75) is 26.5 Å². The highest BCUT2D eigenvalue weighted by atomic mass is 16.5. The Morgan fingerprint density at radius 3 is 2.65 bits per heavy atom. The standard InChI is InChI=1S/C16H18N2O2/c1-12-5-3-4-6-15(12)20-13(2)16(19)18-11-14-7-9-17-10-8-14/h3-10,13H,11H2,1-2H3,(H,18,19)/t13-/m0/s1. The quantitative estimate of drug-likeness (QED) is 0.908. The maximum Gasteiger partial charge on any atom is 0.261 e. The molecule has 1 amide bonds. The molecule has 0 aliphatic heterocycles. The van der Waals surface area contributed by atoms with Gasteiger partial charge < -0.3 is 10.1 Å². The van der Waals surface area contributed by atoms with Crippen molar-refractivity contribution < 1.29 is 9.53 Å². The highest BCUT2D eigenvalue weighted by Gasteiger charge is 2.14. The number of nitrogens with zero attached hydrogens (tertiary/aromatic N) is 1. The van der Waals surface area contributed by atoms with Gasteiger partial charge in [0, 0.05) is 18.9 Å². The van der Waals surface area contributed by atoms with Crippen molar-refractivity contribution >= 4 is 5.91 Å². The third kappa shape index (κ3) is 3.82. The minimum absolute atomic E-state index is 0.134. The molecule has 2 rings (SSSR count). The molecule has 1 heterocycles. The van der Waals surface area contributed by atoms with E-state index >= 15 is 0 Å². The van der Waals surface area contributed by atoms with Crippen molar-refractivity contribution in [3.63, 3.8) is 0 Å². The minimum atomic E-state index is -0.530. The summed E-state index contributed by atoms with van der Waals surface area (Å²) < 4.78 is 5.67. The highest BCUT2D eigenvalue weighted by Crippen LogP contribution is 2.17. The molecule has 0 aliphatic rings. The van der Waals surface area contributed by atoms with Crippen LogP contribution in [0.15, 0.2) is 48.8 Å². The topological polar surface area (TPSA) is 51.2 Å². The van der Waals surface area contributed by atoms with Crippen molar-refractivity contribution in [1.82, 2.24) is 10.3 Å². The molecular formula is C16H18N2O2. The third-order valence-electron chi connectivity index (χ3n) is 2.98. The van der Waals surface area contributed by atoms with Crippen LogP contribution in [0.5, 0.6) is 5.75 Å². The van der Waals surface area contributed by atoms with Gasteiger partial charge in [-0.25, -0.2) is 0 Å². The van der Waals surface area contributed by atoms with E-state index in [-0.39, 0.29) is 5.91 Å². The van der Waals surface area contributed by atoms with Gasteiger partial charge in [0.05, 0.1) is 0 Å². The molecule has 2 aromatic rings. The van der Waals surface area contributed by atoms with E-state index in [0.29, 0.717) is 6.54 Å². The summed E-state index contributed by atoms with van der Waals surface area (Å²) in [6, 6.07) is 11.4. The smallest absolute Gasteiger partial charge is 0.261 e. The first kappa shape index (κ1) is 14.1. The van der Waals surface area contributed by atoms with Crippen LogP contribution in [0.3, 0.4) is 0 Å². The Balaban J connectivity index is 1.88. The summed E-state index contributed by atoms with van der Waals surface area (Å²) in [6.45, 7) is 4.17. The first-order chi connectivity index (χ1) is 9.66. The lowest BCUT2D eigenvalue weighted by molar-refractivity contribution is -0.127. The fourth-order valence-electron chi connectivity index (χ4n) is 1.77. The first-order valence-corrected chi connectivity index (χ1v) is 6.55. The molecule has 1 atom stereocenters. The van der Waals surface area contributed by atoms with Crippen LogP contribution in [0.2, 0.25) is 0 Å². The van der Waals surface area contributed by atoms with Crippen molar-refractivity contribution in [1.29, 1.82) is 0 Å². The van der Waals surface area contributed by atoms with E-state index in [0.717, 1.165) is 16.9 Å². The molecule has 4 nitrogen and oxygen atoms in total. The molecule has 20 heavy (non-hydrogen) atoms. The molecule has 0 saturated carbocycles. The fraction of sp³-hybridized carbons (Fsp3) is 0.250.